The molecule has 0 aromatic heterocycles. The van der Waals surface area contributed by atoms with Crippen LogP contribution in [0, 0.1) is 5.92 Å². The molecule has 0 unspecified atom stereocenters. The van der Waals surface area contributed by atoms with Crippen LogP contribution in [0.2, 0.25) is 0 Å². The molecule has 1 aliphatic rings. The van der Waals surface area contributed by atoms with Gasteiger partial charge in [-0.05, 0) is 12.8 Å². The van der Waals surface area contributed by atoms with Gasteiger partial charge in [-0.15, -0.1) is 0 Å². The van der Waals surface area contributed by atoms with Crippen molar-refractivity contribution in [2.75, 3.05) is 0 Å². The van der Waals surface area contributed by atoms with Gasteiger partial charge in [0.25, 0.3) is 0 Å². The highest BCUT2D eigenvalue weighted by molar-refractivity contribution is 6.63. The highest BCUT2D eigenvalue weighted by Crippen LogP contribution is 2.28. The van der Waals surface area contributed by atoms with Gasteiger partial charge in [0.2, 0.25) is 0 Å². The van der Waals surface area contributed by atoms with E-state index in [1.807, 2.05) is 0 Å². The van der Waals surface area contributed by atoms with Gasteiger partial charge in [0.15, 0.2) is 4.30 Å². The largest absolute Gasteiger partial charge is 0.481 e. The minimum Gasteiger partial charge on any atom is -0.481 e. The Balaban J connectivity index is 0.000000180. The number of hydrogen-bond donors (Lipinski definition) is 1. The molecule has 0 amide bonds. The number of carboxylic acids is 1. The maximum atomic E-state index is 9.76. The van der Waals surface area contributed by atoms with Gasteiger partial charge in [0, 0.05) is 0 Å². The molecule has 0 bridgehead atoms. The van der Waals surface area contributed by atoms with Crippen molar-refractivity contribution in [3.05, 3.63) is 0 Å². The van der Waals surface area contributed by atoms with Crippen LogP contribution in [0.3, 0.4) is 0 Å². The first-order chi connectivity index (χ1) is 4.54. The predicted molar refractivity (Wildman–Crippen MR) is 41.7 cm³/mol. The molecule has 0 aromatic carbocycles. The van der Waals surface area contributed by atoms with E-state index in [4.69, 9.17) is 39.9 Å². The van der Waals surface area contributed by atoms with Gasteiger partial charge < -0.3 is 5.11 Å². The van der Waals surface area contributed by atoms with E-state index in [1.54, 1.807) is 0 Å². The quantitative estimate of drug-likeness (QED) is 0.668. The number of hydrogen-bond acceptors (Lipinski definition) is 1. The lowest BCUT2D eigenvalue weighted by atomic mass is 10.5. The van der Waals surface area contributed by atoms with E-state index < -0.39 is 10.3 Å². The third kappa shape index (κ3) is 8.34. The van der Waals surface area contributed by atoms with E-state index in [0.717, 1.165) is 12.8 Å². The summed E-state index contributed by atoms with van der Waals surface area (Å²) in [4.78, 5) is 9.76. The molecule has 0 aromatic rings. The normalized spacial score (nSPS) is 16.0. The van der Waals surface area contributed by atoms with Gasteiger partial charge in [0.05, 0.1) is 5.92 Å². The third-order valence-corrected chi connectivity index (χ3v) is 0.927. The van der Waals surface area contributed by atoms with Crippen LogP contribution in [0.5, 0.6) is 0 Å². The van der Waals surface area contributed by atoms with Crippen molar-refractivity contribution in [2.24, 2.45) is 5.92 Å². The smallest absolute Gasteiger partial charge is 0.306 e. The molecular formula is C5H7Cl3O2. The van der Waals surface area contributed by atoms with Crippen molar-refractivity contribution < 1.29 is 9.90 Å². The van der Waals surface area contributed by atoms with E-state index in [-0.39, 0.29) is 5.92 Å². The minimum absolute atomic E-state index is 0.0185. The van der Waals surface area contributed by atoms with Crippen LogP contribution in [0.25, 0.3) is 0 Å². The van der Waals surface area contributed by atoms with Gasteiger partial charge in [0.1, 0.15) is 0 Å². The minimum atomic E-state index is -0.750. The van der Waals surface area contributed by atoms with E-state index in [0.29, 0.717) is 0 Å². The Morgan fingerprint density at radius 2 is 1.70 bits per heavy atom. The molecule has 10 heavy (non-hydrogen) atoms. The predicted octanol–water partition coefficient (Wildman–Crippen LogP) is 2.47. The molecular weight excluding hydrogens is 198 g/mol. The zero-order valence-electron chi connectivity index (χ0n) is 5.06. The van der Waals surface area contributed by atoms with Crippen LogP contribution in [-0.2, 0) is 4.79 Å². The topological polar surface area (TPSA) is 37.3 Å². The third-order valence-electron chi connectivity index (χ3n) is 0.927. The molecule has 0 heterocycles. The molecule has 5 heteroatoms. The summed E-state index contributed by atoms with van der Waals surface area (Å²) in [5.41, 5.74) is 0. The Bertz CT molecular complexity index is 109. The fraction of sp³-hybridized carbons (Fsp3) is 0.800. The Kier molecular flexibility index (Phi) is 5.22. The van der Waals surface area contributed by atoms with Gasteiger partial charge in [-0.25, -0.2) is 0 Å². The van der Waals surface area contributed by atoms with E-state index >= 15 is 0 Å². The fourth-order valence-corrected chi connectivity index (χ4v) is 0.330. The second kappa shape index (κ2) is 5.05. The van der Waals surface area contributed by atoms with Crippen LogP contribution < -0.4 is 0 Å². The van der Waals surface area contributed by atoms with Gasteiger partial charge in [-0.1, -0.05) is 34.8 Å². The monoisotopic (exact) mass is 204 g/mol. The van der Waals surface area contributed by atoms with Crippen molar-refractivity contribution in [1.29, 1.82) is 0 Å². The second-order valence-electron chi connectivity index (χ2n) is 1.86. The van der Waals surface area contributed by atoms with Crippen LogP contribution in [0.15, 0.2) is 0 Å². The second-order valence-corrected chi connectivity index (χ2v) is 3.84. The first-order valence-electron chi connectivity index (χ1n) is 2.69. The number of aliphatic carboxylic acids is 1. The van der Waals surface area contributed by atoms with E-state index in [2.05, 4.69) is 0 Å². The summed E-state index contributed by atoms with van der Waals surface area (Å²) >= 11 is 14.4. The number of carboxylic acid groups (broad SMARTS) is 1. The zero-order chi connectivity index (χ0) is 8.15. The Labute approximate surface area is 74.1 Å². The molecule has 1 aliphatic carbocycles. The summed E-state index contributed by atoms with van der Waals surface area (Å²) in [5.74, 6) is -0.611. The fourth-order valence-electron chi connectivity index (χ4n) is 0.330. The molecule has 60 valence electrons. The first-order valence-corrected chi connectivity index (χ1v) is 4.00. The number of carbonyl (C=O) groups is 1. The molecule has 1 saturated carbocycles. The molecule has 1 N–H and O–H groups in total. The molecule has 0 aliphatic heterocycles. The number of alkyl halides is 3. The number of halogens is 3. The van der Waals surface area contributed by atoms with E-state index in [1.165, 1.54) is 0 Å². The average molecular weight is 205 g/mol. The zero-order valence-corrected chi connectivity index (χ0v) is 7.33. The lowest BCUT2D eigenvalue weighted by Crippen LogP contribution is -1.94. The lowest BCUT2D eigenvalue weighted by Gasteiger charge is -1.75. The molecule has 0 saturated heterocycles. The Morgan fingerprint density at radius 1 is 1.40 bits per heavy atom. The molecule has 0 atom stereocenters. The molecule has 1 fully saturated rings. The molecule has 2 nitrogen and oxygen atoms in total. The summed E-state index contributed by atoms with van der Waals surface area (Å²) in [7, 11) is 0. The highest BCUT2D eigenvalue weighted by atomic mass is 35.6. The van der Waals surface area contributed by atoms with Crippen LogP contribution in [-0.4, -0.2) is 15.4 Å². The SMILES string of the molecule is ClC(Cl)Cl.O=C(O)C1CC1. The summed E-state index contributed by atoms with van der Waals surface area (Å²) in [6, 6.07) is 0. The Hall–Kier alpha value is 0.340. The van der Waals surface area contributed by atoms with Gasteiger partial charge in [-0.3, -0.25) is 4.79 Å². The molecule has 0 spiro atoms. The summed E-state index contributed by atoms with van der Waals surface area (Å²) < 4.78 is -0.750. The van der Waals surface area contributed by atoms with Gasteiger partial charge in [-0.2, -0.15) is 0 Å². The van der Waals surface area contributed by atoms with Crippen LogP contribution in [0.1, 0.15) is 12.8 Å². The summed E-state index contributed by atoms with van der Waals surface area (Å²) in [6.45, 7) is 0. The number of rotatable bonds is 1. The maximum Gasteiger partial charge on any atom is 0.306 e. The first kappa shape index (κ1) is 10.3. The maximum absolute atomic E-state index is 9.76. The van der Waals surface area contributed by atoms with Crippen molar-refractivity contribution in [3.63, 3.8) is 0 Å². The van der Waals surface area contributed by atoms with Crippen molar-refractivity contribution in [1.82, 2.24) is 0 Å². The standard InChI is InChI=1S/C4H6O2.CHCl3/c5-4(6)3-1-2-3;2-1(3)4/h3H,1-2H2,(H,5,6);1H. The average Bonchev–Trinajstić information content (AvgIpc) is 2.38. The van der Waals surface area contributed by atoms with Crippen molar-refractivity contribution in [2.45, 2.75) is 17.1 Å². The van der Waals surface area contributed by atoms with Crippen LogP contribution in [0.4, 0.5) is 0 Å². The lowest BCUT2D eigenvalue weighted by molar-refractivity contribution is -0.138. The van der Waals surface area contributed by atoms with Crippen LogP contribution >= 0.6 is 34.8 Å². The molecule has 0 radical (unpaired) electrons. The summed E-state index contributed by atoms with van der Waals surface area (Å²) in [6.07, 6.45) is 1.80. The Morgan fingerprint density at radius 3 is 1.70 bits per heavy atom. The van der Waals surface area contributed by atoms with Gasteiger partial charge >= 0.3 is 5.97 Å². The highest BCUT2D eigenvalue weighted by Gasteiger charge is 2.28. The molecule has 1 rings (SSSR count). The van der Waals surface area contributed by atoms with Crippen molar-refractivity contribution >= 4 is 40.8 Å². The summed E-state index contributed by atoms with van der Waals surface area (Å²) in [5, 5.41) is 8.05. The van der Waals surface area contributed by atoms with Crippen molar-refractivity contribution in [3.8, 4) is 0 Å². The van der Waals surface area contributed by atoms with E-state index in [9.17, 15) is 4.79 Å².